The highest BCUT2D eigenvalue weighted by Crippen LogP contribution is 2.26. The van der Waals surface area contributed by atoms with Crippen molar-refractivity contribution in [3.8, 4) is 0 Å². The molecule has 0 aliphatic rings. The Bertz CT molecular complexity index is 369. The summed E-state index contributed by atoms with van der Waals surface area (Å²) in [5.74, 6) is 0.00187. The van der Waals surface area contributed by atoms with Crippen molar-refractivity contribution in [1.29, 1.82) is 0 Å². The number of aryl methyl sites for hydroxylation is 1. The van der Waals surface area contributed by atoms with Crippen LogP contribution in [0.3, 0.4) is 0 Å². The first-order chi connectivity index (χ1) is 8.11. The van der Waals surface area contributed by atoms with Gasteiger partial charge >= 0.3 is 0 Å². The van der Waals surface area contributed by atoms with Gasteiger partial charge in [0.2, 0.25) is 0 Å². The van der Waals surface area contributed by atoms with Gasteiger partial charge in [0.1, 0.15) is 11.6 Å². The average Bonchev–Trinajstić information content (AvgIpc) is 2.31. The van der Waals surface area contributed by atoms with Crippen molar-refractivity contribution < 1.29 is 8.78 Å². The molecule has 0 saturated heterocycles. The van der Waals surface area contributed by atoms with Crippen LogP contribution in [0.5, 0.6) is 0 Å². The van der Waals surface area contributed by atoms with E-state index in [-0.39, 0.29) is 11.6 Å². The molecule has 1 N–H and O–H groups in total. The molecule has 96 valence electrons. The van der Waals surface area contributed by atoms with Crippen LogP contribution in [0, 0.1) is 18.6 Å². The Morgan fingerprint density at radius 2 is 2.06 bits per heavy atom. The normalized spacial score (nSPS) is 12.8. The fraction of sp³-hybridized carbons (Fsp3) is 0.538. The van der Waals surface area contributed by atoms with E-state index in [2.05, 4.69) is 5.32 Å². The minimum Gasteiger partial charge on any atom is -0.310 e. The summed E-state index contributed by atoms with van der Waals surface area (Å²) in [5.41, 5.74) is 0.675. The van der Waals surface area contributed by atoms with Crippen molar-refractivity contribution in [3.05, 3.63) is 34.9 Å². The van der Waals surface area contributed by atoms with Gasteiger partial charge < -0.3 is 5.32 Å². The zero-order chi connectivity index (χ0) is 12.8. The van der Waals surface area contributed by atoms with Gasteiger partial charge in [0, 0.05) is 11.6 Å². The Hall–Kier alpha value is -0.610. The van der Waals surface area contributed by atoms with Crippen molar-refractivity contribution in [2.75, 3.05) is 18.6 Å². The second-order valence-electron chi connectivity index (χ2n) is 3.98. The van der Waals surface area contributed by atoms with Gasteiger partial charge in [0.25, 0.3) is 0 Å². The molecule has 4 heteroatoms. The van der Waals surface area contributed by atoms with E-state index in [4.69, 9.17) is 0 Å². The maximum Gasteiger partial charge on any atom is 0.133 e. The molecule has 0 radical (unpaired) electrons. The van der Waals surface area contributed by atoms with E-state index in [1.807, 2.05) is 13.2 Å². The van der Waals surface area contributed by atoms with Gasteiger partial charge in [0.05, 0.1) is 0 Å². The van der Waals surface area contributed by atoms with Crippen molar-refractivity contribution in [2.45, 2.75) is 26.3 Å². The lowest BCUT2D eigenvalue weighted by Crippen LogP contribution is -2.24. The van der Waals surface area contributed by atoms with Crippen LogP contribution in [0.25, 0.3) is 0 Å². The Morgan fingerprint density at radius 1 is 1.35 bits per heavy atom. The predicted molar refractivity (Wildman–Crippen MR) is 70.5 cm³/mol. The van der Waals surface area contributed by atoms with Crippen molar-refractivity contribution in [2.24, 2.45) is 0 Å². The van der Waals surface area contributed by atoms with E-state index in [9.17, 15) is 8.78 Å². The number of nitrogens with one attached hydrogen (secondary N) is 1. The van der Waals surface area contributed by atoms with Crippen LogP contribution in [-0.2, 0) is 0 Å². The molecule has 0 aromatic heterocycles. The third-order valence-corrected chi connectivity index (χ3v) is 3.37. The summed E-state index contributed by atoms with van der Waals surface area (Å²) in [7, 11) is 0. The van der Waals surface area contributed by atoms with Crippen LogP contribution in [-0.4, -0.2) is 18.6 Å². The molecule has 1 aromatic carbocycles. The summed E-state index contributed by atoms with van der Waals surface area (Å²) in [5, 5.41) is 3.15. The number of thioether (sulfide) groups is 1. The summed E-state index contributed by atoms with van der Waals surface area (Å²) >= 11 is 1.68. The Labute approximate surface area is 106 Å². The van der Waals surface area contributed by atoms with Crippen molar-refractivity contribution >= 4 is 11.8 Å². The number of rotatable bonds is 6. The van der Waals surface area contributed by atoms with E-state index < -0.39 is 11.6 Å². The molecule has 1 atom stereocenters. The number of halogens is 2. The van der Waals surface area contributed by atoms with E-state index in [0.717, 1.165) is 12.2 Å². The second kappa shape index (κ2) is 6.97. The molecule has 0 amide bonds. The van der Waals surface area contributed by atoms with Gasteiger partial charge in [-0.2, -0.15) is 11.8 Å². The van der Waals surface area contributed by atoms with Crippen molar-refractivity contribution in [3.63, 3.8) is 0 Å². The fourth-order valence-electron chi connectivity index (χ4n) is 1.83. The van der Waals surface area contributed by atoms with Crippen LogP contribution >= 0.6 is 11.8 Å². The lowest BCUT2D eigenvalue weighted by atomic mass is 10.0. The van der Waals surface area contributed by atoms with Gasteiger partial charge in [-0.05, 0) is 43.5 Å². The zero-order valence-corrected chi connectivity index (χ0v) is 11.3. The van der Waals surface area contributed by atoms with Gasteiger partial charge in [-0.3, -0.25) is 0 Å². The quantitative estimate of drug-likeness (QED) is 0.836. The molecule has 0 bridgehead atoms. The molecular formula is C13H19F2NS. The molecule has 17 heavy (non-hydrogen) atoms. The summed E-state index contributed by atoms with van der Waals surface area (Å²) in [6.45, 7) is 4.30. The molecule has 0 saturated carbocycles. The van der Waals surface area contributed by atoms with Gasteiger partial charge in [-0.15, -0.1) is 0 Å². The Balaban J connectivity index is 3.03. The van der Waals surface area contributed by atoms with Crippen LogP contribution in [0.4, 0.5) is 8.78 Å². The topological polar surface area (TPSA) is 12.0 Å². The lowest BCUT2D eigenvalue weighted by molar-refractivity contribution is 0.465. The molecule has 0 aliphatic heterocycles. The van der Waals surface area contributed by atoms with Gasteiger partial charge in [-0.25, -0.2) is 8.78 Å². The third kappa shape index (κ3) is 3.68. The summed E-state index contributed by atoms with van der Waals surface area (Å²) < 4.78 is 27.7. The first-order valence-electron chi connectivity index (χ1n) is 5.78. The maximum absolute atomic E-state index is 14.0. The van der Waals surface area contributed by atoms with E-state index >= 15 is 0 Å². The Kier molecular flexibility index (Phi) is 5.92. The smallest absolute Gasteiger partial charge is 0.133 e. The summed E-state index contributed by atoms with van der Waals surface area (Å²) in [6.07, 6.45) is 2.72. The van der Waals surface area contributed by atoms with Crippen LogP contribution in [0.1, 0.15) is 30.5 Å². The van der Waals surface area contributed by atoms with E-state index in [1.165, 1.54) is 12.1 Å². The van der Waals surface area contributed by atoms with Crippen molar-refractivity contribution in [1.82, 2.24) is 5.32 Å². The molecule has 1 unspecified atom stereocenters. The minimum atomic E-state index is -0.458. The first kappa shape index (κ1) is 14.5. The summed E-state index contributed by atoms with van der Waals surface area (Å²) in [6, 6.07) is 2.58. The second-order valence-corrected chi connectivity index (χ2v) is 4.97. The molecule has 0 fully saturated rings. The highest BCUT2D eigenvalue weighted by molar-refractivity contribution is 7.98. The highest BCUT2D eigenvalue weighted by Gasteiger charge is 2.20. The van der Waals surface area contributed by atoms with Gasteiger partial charge in [-0.1, -0.05) is 13.0 Å². The fourth-order valence-corrected chi connectivity index (χ4v) is 2.30. The van der Waals surface area contributed by atoms with Gasteiger partial charge in [0.15, 0.2) is 0 Å². The number of hydrogen-bond donors (Lipinski definition) is 1. The third-order valence-electron chi connectivity index (χ3n) is 2.73. The number of benzene rings is 1. The zero-order valence-electron chi connectivity index (χ0n) is 10.5. The standard InChI is InChI=1S/C13H19F2NS/c1-4-16-11(7-8-17-3)12-10(14)6-5-9(2)13(12)15/h5-6,11,16H,4,7-8H2,1-3H3. The molecule has 1 rings (SSSR count). The maximum atomic E-state index is 14.0. The average molecular weight is 259 g/mol. The highest BCUT2D eigenvalue weighted by atomic mass is 32.2. The predicted octanol–water partition coefficient (Wildman–Crippen LogP) is 3.68. The molecule has 1 aromatic rings. The molecule has 0 spiro atoms. The first-order valence-corrected chi connectivity index (χ1v) is 7.18. The van der Waals surface area contributed by atoms with E-state index in [1.54, 1.807) is 18.7 Å². The van der Waals surface area contributed by atoms with Crippen LogP contribution < -0.4 is 5.32 Å². The molecule has 1 nitrogen and oxygen atoms in total. The minimum absolute atomic E-state index is 0.181. The monoisotopic (exact) mass is 259 g/mol. The molecule has 0 aliphatic carbocycles. The number of hydrogen-bond acceptors (Lipinski definition) is 2. The Morgan fingerprint density at radius 3 is 2.65 bits per heavy atom. The lowest BCUT2D eigenvalue weighted by Gasteiger charge is -2.20. The van der Waals surface area contributed by atoms with E-state index in [0.29, 0.717) is 12.1 Å². The molecule has 0 heterocycles. The molecular weight excluding hydrogens is 240 g/mol. The van der Waals surface area contributed by atoms with Crippen LogP contribution in [0.15, 0.2) is 12.1 Å². The van der Waals surface area contributed by atoms with Crippen LogP contribution in [0.2, 0.25) is 0 Å². The summed E-state index contributed by atoms with van der Waals surface area (Å²) in [4.78, 5) is 0. The SMILES string of the molecule is CCNC(CCSC)c1c(F)ccc(C)c1F. The largest absolute Gasteiger partial charge is 0.310 e.